The lowest BCUT2D eigenvalue weighted by Crippen LogP contribution is -2.35. The second kappa shape index (κ2) is 6.45. The van der Waals surface area contributed by atoms with E-state index in [-0.39, 0.29) is 0 Å². The Labute approximate surface area is 124 Å². The zero-order valence-corrected chi connectivity index (χ0v) is 12.2. The van der Waals surface area contributed by atoms with Gasteiger partial charge in [0.15, 0.2) is 5.82 Å². The van der Waals surface area contributed by atoms with Crippen molar-refractivity contribution in [1.82, 2.24) is 15.3 Å². The number of aromatic nitrogens is 2. The number of benzene rings is 1. The van der Waals surface area contributed by atoms with Gasteiger partial charge in [0.25, 0.3) is 0 Å². The van der Waals surface area contributed by atoms with Crippen LogP contribution in [-0.4, -0.2) is 27.6 Å². The van der Waals surface area contributed by atoms with E-state index < -0.39 is 11.4 Å². The van der Waals surface area contributed by atoms with Crippen LogP contribution in [0.15, 0.2) is 42.6 Å². The van der Waals surface area contributed by atoms with Gasteiger partial charge in [-0.05, 0) is 19.9 Å². The maximum absolute atomic E-state index is 11.0. The van der Waals surface area contributed by atoms with Gasteiger partial charge in [-0.25, -0.2) is 9.97 Å². The molecule has 0 radical (unpaired) electrons. The van der Waals surface area contributed by atoms with Crippen molar-refractivity contribution in [3.8, 4) is 11.4 Å². The SMILES string of the molecule is CC(C)(CNCc1ccnc(-c2ccccc2)n1)C(=O)O. The lowest BCUT2D eigenvalue weighted by molar-refractivity contribution is -0.146. The van der Waals surface area contributed by atoms with Crippen LogP contribution in [0.4, 0.5) is 0 Å². The van der Waals surface area contributed by atoms with Crippen molar-refractivity contribution in [2.45, 2.75) is 20.4 Å². The van der Waals surface area contributed by atoms with Crippen LogP contribution >= 0.6 is 0 Å². The van der Waals surface area contributed by atoms with Gasteiger partial charge in [-0.1, -0.05) is 30.3 Å². The molecule has 5 nitrogen and oxygen atoms in total. The molecule has 2 N–H and O–H groups in total. The monoisotopic (exact) mass is 285 g/mol. The summed E-state index contributed by atoms with van der Waals surface area (Å²) >= 11 is 0. The van der Waals surface area contributed by atoms with Gasteiger partial charge in [0.1, 0.15) is 0 Å². The van der Waals surface area contributed by atoms with Crippen molar-refractivity contribution in [3.05, 3.63) is 48.3 Å². The molecule has 1 aromatic carbocycles. The number of carboxylic acid groups (broad SMARTS) is 1. The zero-order chi connectivity index (χ0) is 15.3. The number of carboxylic acids is 1. The van der Waals surface area contributed by atoms with Crippen LogP contribution in [0.5, 0.6) is 0 Å². The number of nitrogens with zero attached hydrogens (tertiary/aromatic N) is 2. The average molecular weight is 285 g/mol. The van der Waals surface area contributed by atoms with E-state index in [0.717, 1.165) is 11.3 Å². The van der Waals surface area contributed by atoms with Crippen LogP contribution in [0.3, 0.4) is 0 Å². The molecule has 1 heterocycles. The molecule has 0 aliphatic heterocycles. The first-order chi connectivity index (χ1) is 9.99. The van der Waals surface area contributed by atoms with Crippen molar-refractivity contribution >= 4 is 5.97 Å². The number of hydrogen-bond donors (Lipinski definition) is 2. The Morgan fingerprint density at radius 1 is 1.24 bits per heavy atom. The summed E-state index contributed by atoms with van der Waals surface area (Å²) in [6.07, 6.45) is 1.72. The molecule has 2 rings (SSSR count). The molecular weight excluding hydrogens is 266 g/mol. The number of carbonyl (C=O) groups is 1. The van der Waals surface area contributed by atoms with E-state index in [2.05, 4.69) is 15.3 Å². The van der Waals surface area contributed by atoms with E-state index in [0.29, 0.717) is 18.9 Å². The molecule has 5 heteroatoms. The standard InChI is InChI=1S/C16H19N3O2/c1-16(2,15(20)21)11-17-10-13-8-9-18-14(19-13)12-6-4-3-5-7-12/h3-9,17H,10-11H2,1-2H3,(H,20,21). The van der Waals surface area contributed by atoms with Crippen molar-refractivity contribution in [3.63, 3.8) is 0 Å². The maximum Gasteiger partial charge on any atom is 0.310 e. The molecule has 110 valence electrons. The summed E-state index contributed by atoms with van der Waals surface area (Å²) in [7, 11) is 0. The Bertz CT molecular complexity index is 612. The van der Waals surface area contributed by atoms with Crippen molar-refractivity contribution in [2.24, 2.45) is 5.41 Å². The van der Waals surface area contributed by atoms with E-state index in [4.69, 9.17) is 5.11 Å². The maximum atomic E-state index is 11.0. The lowest BCUT2D eigenvalue weighted by Gasteiger charge is -2.19. The highest BCUT2D eigenvalue weighted by Crippen LogP contribution is 2.15. The van der Waals surface area contributed by atoms with E-state index in [1.54, 1.807) is 20.0 Å². The van der Waals surface area contributed by atoms with Gasteiger partial charge in [-0.15, -0.1) is 0 Å². The second-order valence-corrected chi connectivity index (χ2v) is 5.53. The Morgan fingerprint density at radius 3 is 2.62 bits per heavy atom. The molecule has 0 saturated heterocycles. The molecule has 0 aliphatic carbocycles. The number of hydrogen-bond acceptors (Lipinski definition) is 4. The minimum atomic E-state index is -0.817. The average Bonchev–Trinajstić information content (AvgIpc) is 2.48. The lowest BCUT2D eigenvalue weighted by atomic mass is 9.94. The molecule has 0 fully saturated rings. The van der Waals surface area contributed by atoms with Gasteiger partial charge >= 0.3 is 5.97 Å². The van der Waals surface area contributed by atoms with Gasteiger partial charge in [0, 0.05) is 24.8 Å². The second-order valence-electron chi connectivity index (χ2n) is 5.53. The van der Waals surface area contributed by atoms with Crippen molar-refractivity contribution in [1.29, 1.82) is 0 Å². The van der Waals surface area contributed by atoms with Crippen LogP contribution in [0, 0.1) is 5.41 Å². The number of nitrogens with one attached hydrogen (secondary N) is 1. The quantitative estimate of drug-likeness (QED) is 0.852. The first-order valence-electron chi connectivity index (χ1n) is 6.80. The summed E-state index contributed by atoms with van der Waals surface area (Å²) in [5.41, 5.74) is 1.00. The summed E-state index contributed by atoms with van der Waals surface area (Å²) < 4.78 is 0. The molecular formula is C16H19N3O2. The van der Waals surface area contributed by atoms with Gasteiger partial charge in [0.05, 0.1) is 11.1 Å². The molecule has 0 atom stereocenters. The van der Waals surface area contributed by atoms with E-state index in [1.165, 1.54) is 0 Å². The molecule has 0 unspecified atom stereocenters. The molecule has 21 heavy (non-hydrogen) atoms. The van der Waals surface area contributed by atoms with Gasteiger partial charge < -0.3 is 10.4 Å². The summed E-state index contributed by atoms with van der Waals surface area (Å²) in [6, 6.07) is 11.6. The van der Waals surface area contributed by atoms with Gasteiger partial charge in [0.2, 0.25) is 0 Å². The molecule has 0 saturated carbocycles. The molecule has 0 spiro atoms. The predicted molar refractivity (Wildman–Crippen MR) is 80.6 cm³/mol. The van der Waals surface area contributed by atoms with Crippen LogP contribution in [-0.2, 0) is 11.3 Å². The minimum Gasteiger partial charge on any atom is -0.481 e. The minimum absolute atomic E-state index is 0.382. The fraction of sp³-hybridized carbons (Fsp3) is 0.312. The zero-order valence-electron chi connectivity index (χ0n) is 12.2. The summed E-state index contributed by atoms with van der Waals surface area (Å²) in [4.78, 5) is 19.8. The van der Waals surface area contributed by atoms with Crippen molar-refractivity contribution < 1.29 is 9.90 Å². The van der Waals surface area contributed by atoms with E-state index >= 15 is 0 Å². The third kappa shape index (κ3) is 4.10. The molecule has 0 bridgehead atoms. The van der Waals surface area contributed by atoms with Crippen LogP contribution in [0.1, 0.15) is 19.5 Å². The third-order valence-corrected chi connectivity index (χ3v) is 3.20. The Hall–Kier alpha value is -2.27. The number of rotatable bonds is 6. The third-order valence-electron chi connectivity index (χ3n) is 3.20. The summed E-state index contributed by atoms with van der Waals surface area (Å²) in [5.74, 6) is -0.143. The fourth-order valence-corrected chi connectivity index (χ4v) is 1.80. The van der Waals surface area contributed by atoms with Crippen LogP contribution in [0.2, 0.25) is 0 Å². The topological polar surface area (TPSA) is 75.1 Å². The number of aliphatic carboxylic acids is 1. The van der Waals surface area contributed by atoms with Crippen molar-refractivity contribution in [2.75, 3.05) is 6.54 Å². The largest absolute Gasteiger partial charge is 0.481 e. The Kier molecular flexibility index (Phi) is 4.65. The molecule has 2 aromatic rings. The van der Waals surface area contributed by atoms with E-state index in [1.807, 2.05) is 36.4 Å². The first-order valence-corrected chi connectivity index (χ1v) is 6.80. The van der Waals surface area contributed by atoms with Crippen LogP contribution in [0.25, 0.3) is 11.4 Å². The van der Waals surface area contributed by atoms with Gasteiger partial charge in [-0.2, -0.15) is 0 Å². The van der Waals surface area contributed by atoms with Gasteiger partial charge in [-0.3, -0.25) is 4.79 Å². The smallest absolute Gasteiger partial charge is 0.310 e. The molecule has 0 amide bonds. The predicted octanol–water partition coefficient (Wildman–Crippen LogP) is 2.34. The Morgan fingerprint density at radius 2 is 1.95 bits per heavy atom. The summed E-state index contributed by atoms with van der Waals surface area (Å²) in [6.45, 7) is 4.28. The molecule has 0 aliphatic rings. The normalized spacial score (nSPS) is 11.3. The van der Waals surface area contributed by atoms with E-state index in [9.17, 15) is 4.79 Å². The highest BCUT2D eigenvalue weighted by atomic mass is 16.4. The first kappa shape index (κ1) is 15.1. The van der Waals surface area contributed by atoms with Crippen LogP contribution < -0.4 is 5.32 Å². The summed E-state index contributed by atoms with van der Waals surface area (Å²) in [5, 5.41) is 12.2. The Balaban J connectivity index is 2.01. The fourth-order valence-electron chi connectivity index (χ4n) is 1.80. The highest BCUT2D eigenvalue weighted by Gasteiger charge is 2.26. The highest BCUT2D eigenvalue weighted by molar-refractivity contribution is 5.73. The molecule has 1 aromatic heterocycles.